The minimum absolute atomic E-state index is 0.0380. The SMILES string of the molecule is COCC(C)C(=O)NCCc1ccc(C(=O)O)cc1. The van der Waals surface area contributed by atoms with E-state index < -0.39 is 5.97 Å². The fourth-order valence-electron chi connectivity index (χ4n) is 1.64. The molecule has 0 heterocycles. The van der Waals surface area contributed by atoms with Crippen molar-refractivity contribution in [3.63, 3.8) is 0 Å². The van der Waals surface area contributed by atoms with Crippen LogP contribution in [0.5, 0.6) is 0 Å². The van der Waals surface area contributed by atoms with Gasteiger partial charge >= 0.3 is 5.97 Å². The summed E-state index contributed by atoms with van der Waals surface area (Å²) in [7, 11) is 1.56. The molecule has 0 bridgehead atoms. The summed E-state index contributed by atoms with van der Waals surface area (Å²) in [6.45, 7) is 2.74. The molecule has 0 saturated carbocycles. The summed E-state index contributed by atoms with van der Waals surface area (Å²) in [5.74, 6) is -1.14. The van der Waals surface area contributed by atoms with Gasteiger partial charge in [-0.2, -0.15) is 0 Å². The highest BCUT2D eigenvalue weighted by atomic mass is 16.5. The number of benzene rings is 1. The van der Waals surface area contributed by atoms with Crippen LogP contribution in [0.25, 0.3) is 0 Å². The molecule has 1 aromatic carbocycles. The van der Waals surface area contributed by atoms with Crippen LogP contribution in [0.4, 0.5) is 0 Å². The van der Waals surface area contributed by atoms with Crippen molar-refractivity contribution in [2.24, 2.45) is 5.92 Å². The fraction of sp³-hybridized carbons (Fsp3) is 0.429. The van der Waals surface area contributed by atoms with Crippen molar-refractivity contribution in [3.05, 3.63) is 35.4 Å². The Bertz CT molecular complexity index is 428. The van der Waals surface area contributed by atoms with Crippen LogP contribution < -0.4 is 5.32 Å². The van der Waals surface area contributed by atoms with Crippen molar-refractivity contribution < 1.29 is 19.4 Å². The molecule has 1 rings (SSSR count). The van der Waals surface area contributed by atoms with E-state index in [-0.39, 0.29) is 17.4 Å². The number of carboxylic acids is 1. The van der Waals surface area contributed by atoms with Crippen molar-refractivity contribution in [1.29, 1.82) is 0 Å². The van der Waals surface area contributed by atoms with Gasteiger partial charge in [-0.1, -0.05) is 19.1 Å². The monoisotopic (exact) mass is 265 g/mol. The molecule has 1 atom stereocenters. The summed E-state index contributed by atoms with van der Waals surface area (Å²) in [6, 6.07) is 6.64. The summed E-state index contributed by atoms with van der Waals surface area (Å²) in [5, 5.41) is 11.6. The number of hydrogen-bond acceptors (Lipinski definition) is 3. The number of nitrogens with one attached hydrogen (secondary N) is 1. The maximum absolute atomic E-state index is 11.6. The van der Waals surface area contributed by atoms with E-state index >= 15 is 0 Å². The van der Waals surface area contributed by atoms with Crippen molar-refractivity contribution in [3.8, 4) is 0 Å². The number of carbonyl (C=O) groups excluding carboxylic acids is 1. The van der Waals surface area contributed by atoms with Gasteiger partial charge in [0.15, 0.2) is 0 Å². The third kappa shape index (κ3) is 5.09. The van der Waals surface area contributed by atoms with E-state index in [2.05, 4.69) is 5.32 Å². The Morgan fingerprint density at radius 1 is 1.32 bits per heavy atom. The normalized spacial score (nSPS) is 11.9. The van der Waals surface area contributed by atoms with Crippen LogP contribution in [0.3, 0.4) is 0 Å². The number of carbonyl (C=O) groups is 2. The lowest BCUT2D eigenvalue weighted by Gasteiger charge is -2.11. The molecule has 0 fully saturated rings. The van der Waals surface area contributed by atoms with Crippen LogP contribution in [0, 0.1) is 5.92 Å². The molecular weight excluding hydrogens is 246 g/mol. The Labute approximate surface area is 112 Å². The molecule has 1 unspecified atom stereocenters. The van der Waals surface area contributed by atoms with Crippen LogP contribution >= 0.6 is 0 Å². The van der Waals surface area contributed by atoms with Crippen LogP contribution in [-0.2, 0) is 16.0 Å². The average Bonchev–Trinajstić information content (AvgIpc) is 2.39. The lowest BCUT2D eigenvalue weighted by molar-refractivity contribution is -0.125. The number of ether oxygens (including phenoxy) is 1. The molecule has 1 aromatic rings. The number of methoxy groups -OCH3 is 1. The van der Waals surface area contributed by atoms with Gasteiger partial charge in [0.1, 0.15) is 0 Å². The largest absolute Gasteiger partial charge is 0.478 e. The number of amides is 1. The van der Waals surface area contributed by atoms with E-state index in [9.17, 15) is 9.59 Å². The Morgan fingerprint density at radius 3 is 2.47 bits per heavy atom. The van der Waals surface area contributed by atoms with Gasteiger partial charge in [0.2, 0.25) is 5.91 Å². The van der Waals surface area contributed by atoms with Crippen molar-refractivity contribution in [2.75, 3.05) is 20.3 Å². The van der Waals surface area contributed by atoms with Crippen LogP contribution in [0.2, 0.25) is 0 Å². The van der Waals surface area contributed by atoms with Gasteiger partial charge in [-0.15, -0.1) is 0 Å². The first kappa shape index (κ1) is 15.2. The summed E-state index contributed by atoms with van der Waals surface area (Å²) in [4.78, 5) is 22.3. The zero-order valence-corrected chi connectivity index (χ0v) is 11.2. The van der Waals surface area contributed by atoms with Gasteiger partial charge < -0.3 is 15.2 Å². The molecular formula is C14H19NO4. The first-order valence-electron chi connectivity index (χ1n) is 6.13. The molecule has 0 spiro atoms. The average molecular weight is 265 g/mol. The van der Waals surface area contributed by atoms with Crippen LogP contribution in [0.1, 0.15) is 22.8 Å². The highest BCUT2D eigenvalue weighted by Crippen LogP contribution is 2.05. The molecule has 5 nitrogen and oxygen atoms in total. The molecule has 0 aliphatic rings. The predicted octanol–water partition coefficient (Wildman–Crippen LogP) is 1.33. The topological polar surface area (TPSA) is 75.6 Å². The van der Waals surface area contributed by atoms with Gasteiger partial charge in [0, 0.05) is 13.7 Å². The van der Waals surface area contributed by atoms with E-state index in [0.717, 1.165) is 5.56 Å². The number of rotatable bonds is 7. The van der Waals surface area contributed by atoms with Gasteiger partial charge in [-0.05, 0) is 24.1 Å². The quantitative estimate of drug-likeness (QED) is 0.779. The molecule has 0 saturated heterocycles. The molecule has 104 valence electrons. The second-order valence-corrected chi connectivity index (χ2v) is 4.40. The minimum atomic E-state index is -0.937. The predicted molar refractivity (Wildman–Crippen MR) is 71.2 cm³/mol. The number of aromatic carboxylic acids is 1. The minimum Gasteiger partial charge on any atom is -0.478 e. The lowest BCUT2D eigenvalue weighted by Crippen LogP contribution is -2.32. The molecule has 0 aromatic heterocycles. The van der Waals surface area contributed by atoms with Crippen molar-refractivity contribution >= 4 is 11.9 Å². The van der Waals surface area contributed by atoms with Gasteiger partial charge in [-0.3, -0.25) is 4.79 Å². The molecule has 5 heteroatoms. The van der Waals surface area contributed by atoms with E-state index in [1.165, 1.54) is 0 Å². The Hall–Kier alpha value is -1.88. The van der Waals surface area contributed by atoms with E-state index in [1.807, 2.05) is 0 Å². The Kier molecular flexibility index (Phi) is 6.02. The molecule has 1 amide bonds. The fourth-order valence-corrected chi connectivity index (χ4v) is 1.64. The third-order valence-corrected chi connectivity index (χ3v) is 2.78. The standard InChI is InChI=1S/C14H19NO4/c1-10(9-19-2)13(16)15-8-7-11-3-5-12(6-4-11)14(17)18/h3-6,10H,7-9H2,1-2H3,(H,15,16)(H,17,18). The molecule has 0 radical (unpaired) electrons. The summed E-state index contributed by atoms with van der Waals surface area (Å²) in [6.07, 6.45) is 0.672. The zero-order valence-electron chi connectivity index (χ0n) is 11.2. The Balaban J connectivity index is 2.37. The second-order valence-electron chi connectivity index (χ2n) is 4.40. The van der Waals surface area contributed by atoms with Crippen LogP contribution in [0.15, 0.2) is 24.3 Å². The smallest absolute Gasteiger partial charge is 0.335 e. The highest BCUT2D eigenvalue weighted by molar-refractivity contribution is 5.87. The lowest BCUT2D eigenvalue weighted by atomic mass is 10.1. The zero-order chi connectivity index (χ0) is 14.3. The summed E-state index contributed by atoms with van der Waals surface area (Å²) in [5.41, 5.74) is 1.26. The van der Waals surface area contributed by atoms with Crippen LogP contribution in [-0.4, -0.2) is 37.2 Å². The second kappa shape index (κ2) is 7.53. The number of hydrogen-bond donors (Lipinski definition) is 2. The van der Waals surface area contributed by atoms with E-state index in [4.69, 9.17) is 9.84 Å². The van der Waals surface area contributed by atoms with E-state index in [1.54, 1.807) is 38.3 Å². The third-order valence-electron chi connectivity index (χ3n) is 2.78. The van der Waals surface area contributed by atoms with E-state index in [0.29, 0.717) is 19.6 Å². The maximum atomic E-state index is 11.6. The number of carboxylic acid groups (broad SMARTS) is 1. The van der Waals surface area contributed by atoms with Crippen molar-refractivity contribution in [1.82, 2.24) is 5.32 Å². The first-order valence-corrected chi connectivity index (χ1v) is 6.13. The van der Waals surface area contributed by atoms with Crippen molar-refractivity contribution in [2.45, 2.75) is 13.3 Å². The summed E-state index contributed by atoms with van der Waals surface area (Å²) >= 11 is 0. The molecule has 2 N–H and O–H groups in total. The van der Waals surface area contributed by atoms with Gasteiger partial charge in [0.05, 0.1) is 18.1 Å². The summed E-state index contributed by atoms with van der Waals surface area (Å²) < 4.78 is 4.91. The first-order chi connectivity index (χ1) is 9.04. The molecule has 0 aliphatic carbocycles. The highest BCUT2D eigenvalue weighted by Gasteiger charge is 2.11. The molecule has 0 aliphatic heterocycles. The Morgan fingerprint density at radius 2 is 1.95 bits per heavy atom. The molecule has 19 heavy (non-hydrogen) atoms. The maximum Gasteiger partial charge on any atom is 0.335 e. The van der Waals surface area contributed by atoms with Gasteiger partial charge in [-0.25, -0.2) is 4.79 Å². The van der Waals surface area contributed by atoms with Gasteiger partial charge in [0.25, 0.3) is 0 Å².